The second-order valence-corrected chi connectivity index (χ2v) is 4.86. The number of carbonyl (C=O) groups excluding carboxylic acids is 2. The Balaban J connectivity index is 2.20. The number of piperazine rings is 1. The quantitative estimate of drug-likeness (QED) is 0.827. The highest BCUT2D eigenvalue weighted by Crippen LogP contribution is 2.30. The molecular formula is C15H20N2O4. The van der Waals surface area contributed by atoms with Gasteiger partial charge < -0.3 is 19.3 Å². The molecular weight excluding hydrogens is 272 g/mol. The number of methoxy groups -OCH3 is 2. The van der Waals surface area contributed by atoms with E-state index in [4.69, 9.17) is 9.47 Å². The number of carbonyl (C=O) groups is 2. The monoisotopic (exact) mass is 292 g/mol. The topological polar surface area (TPSA) is 59.1 Å². The maximum atomic E-state index is 12.5. The predicted octanol–water partition coefficient (Wildman–Crippen LogP) is 0.905. The van der Waals surface area contributed by atoms with Gasteiger partial charge in [0.1, 0.15) is 18.4 Å². The van der Waals surface area contributed by atoms with Gasteiger partial charge in [0.25, 0.3) is 0 Å². The number of hydrogen-bond donors (Lipinski definition) is 0. The molecule has 1 fully saturated rings. The van der Waals surface area contributed by atoms with Crippen LogP contribution in [0.15, 0.2) is 24.3 Å². The van der Waals surface area contributed by atoms with Crippen LogP contribution >= 0.6 is 0 Å². The summed E-state index contributed by atoms with van der Waals surface area (Å²) < 4.78 is 10.2. The van der Waals surface area contributed by atoms with E-state index < -0.39 is 6.04 Å². The van der Waals surface area contributed by atoms with Crippen molar-refractivity contribution in [1.29, 1.82) is 0 Å². The van der Waals surface area contributed by atoms with Gasteiger partial charge in [0.2, 0.25) is 11.8 Å². The molecule has 1 aliphatic heterocycles. The molecule has 1 unspecified atom stereocenters. The fourth-order valence-electron chi connectivity index (χ4n) is 2.51. The summed E-state index contributed by atoms with van der Waals surface area (Å²) in [6.45, 7) is 2.65. The first-order chi connectivity index (χ1) is 10.1. The van der Waals surface area contributed by atoms with Gasteiger partial charge in [0, 0.05) is 20.2 Å². The van der Waals surface area contributed by atoms with Crippen LogP contribution in [0.2, 0.25) is 0 Å². The number of ether oxygens (including phenoxy) is 2. The molecule has 21 heavy (non-hydrogen) atoms. The number of para-hydroxylation sites is 2. The molecule has 0 radical (unpaired) electrons. The fraction of sp³-hybridized carbons (Fsp3) is 0.467. The summed E-state index contributed by atoms with van der Waals surface area (Å²) in [5.74, 6) is 0.364. The molecule has 1 atom stereocenters. The Hall–Kier alpha value is -2.08. The number of hydrogen-bond acceptors (Lipinski definition) is 4. The number of amides is 2. The molecule has 2 amide bonds. The molecule has 1 aromatic carbocycles. The lowest BCUT2D eigenvalue weighted by molar-refractivity contribution is -0.143. The zero-order valence-electron chi connectivity index (χ0n) is 12.5. The van der Waals surface area contributed by atoms with Crippen molar-refractivity contribution >= 4 is 17.5 Å². The number of benzene rings is 1. The molecule has 0 N–H and O–H groups in total. The maximum absolute atomic E-state index is 12.5. The molecule has 1 aliphatic rings. The lowest BCUT2D eigenvalue weighted by Gasteiger charge is -2.39. The minimum absolute atomic E-state index is 0.00766. The van der Waals surface area contributed by atoms with E-state index in [1.54, 1.807) is 23.8 Å². The van der Waals surface area contributed by atoms with Crippen molar-refractivity contribution in [2.75, 3.05) is 38.8 Å². The minimum Gasteiger partial charge on any atom is -0.495 e. The van der Waals surface area contributed by atoms with Gasteiger partial charge >= 0.3 is 0 Å². The smallest absolute Gasteiger partial charge is 0.249 e. The zero-order valence-corrected chi connectivity index (χ0v) is 12.5. The summed E-state index contributed by atoms with van der Waals surface area (Å²) in [6, 6.07) is 6.87. The van der Waals surface area contributed by atoms with Crippen molar-refractivity contribution in [3.05, 3.63) is 24.3 Å². The van der Waals surface area contributed by atoms with Crippen LogP contribution in [0.5, 0.6) is 5.75 Å². The number of nitrogens with zero attached hydrogens (tertiary/aromatic N) is 2. The lowest BCUT2D eigenvalue weighted by atomic mass is 10.1. The molecule has 6 heteroatoms. The first kappa shape index (κ1) is 15.3. The van der Waals surface area contributed by atoms with Gasteiger partial charge in [0.15, 0.2) is 0 Å². The highest BCUT2D eigenvalue weighted by Gasteiger charge is 2.35. The third-order valence-electron chi connectivity index (χ3n) is 3.62. The van der Waals surface area contributed by atoms with Crippen molar-refractivity contribution in [2.24, 2.45) is 0 Å². The Labute approximate surface area is 124 Å². The minimum atomic E-state index is -0.508. The molecule has 2 rings (SSSR count). The third kappa shape index (κ3) is 3.00. The summed E-state index contributed by atoms with van der Waals surface area (Å²) in [5, 5.41) is 0. The lowest BCUT2D eigenvalue weighted by Crippen LogP contribution is -2.58. The maximum Gasteiger partial charge on any atom is 0.249 e. The van der Waals surface area contributed by atoms with Gasteiger partial charge in [0.05, 0.1) is 12.8 Å². The van der Waals surface area contributed by atoms with Crippen molar-refractivity contribution in [3.63, 3.8) is 0 Å². The van der Waals surface area contributed by atoms with Crippen LogP contribution in [0.4, 0.5) is 5.69 Å². The van der Waals surface area contributed by atoms with E-state index in [0.717, 1.165) is 5.69 Å². The summed E-state index contributed by atoms with van der Waals surface area (Å²) in [6.07, 6.45) is 0. The van der Waals surface area contributed by atoms with Crippen LogP contribution in [-0.2, 0) is 14.3 Å². The van der Waals surface area contributed by atoms with Crippen molar-refractivity contribution in [1.82, 2.24) is 4.90 Å². The highest BCUT2D eigenvalue weighted by atomic mass is 16.5. The van der Waals surface area contributed by atoms with Crippen LogP contribution in [0.3, 0.4) is 0 Å². The number of rotatable bonds is 4. The Kier molecular flexibility index (Phi) is 4.80. The molecule has 0 saturated carbocycles. The number of anilines is 1. The van der Waals surface area contributed by atoms with E-state index in [1.165, 1.54) is 7.11 Å². The van der Waals surface area contributed by atoms with Crippen molar-refractivity contribution < 1.29 is 19.1 Å². The van der Waals surface area contributed by atoms with Crippen LogP contribution < -0.4 is 9.64 Å². The van der Waals surface area contributed by atoms with Gasteiger partial charge in [-0.3, -0.25) is 9.59 Å². The summed E-state index contributed by atoms with van der Waals surface area (Å²) in [5.41, 5.74) is 0.732. The van der Waals surface area contributed by atoms with E-state index in [0.29, 0.717) is 18.8 Å². The van der Waals surface area contributed by atoms with E-state index >= 15 is 0 Å². The van der Waals surface area contributed by atoms with Gasteiger partial charge in [-0.1, -0.05) is 12.1 Å². The molecule has 0 spiro atoms. The van der Waals surface area contributed by atoms with Crippen molar-refractivity contribution in [3.8, 4) is 5.75 Å². The standard InChI is InChI=1S/C15H20N2O4/c1-11-15(19)17(9-8-16(11)14(18)10-20-2)12-6-4-5-7-13(12)21-3/h4-7,11H,8-10H2,1-3H3. The molecule has 0 bridgehead atoms. The summed E-state index contributed by atoms with van der Waals surface area (Å²) >= 11 is 0. The van der Waals surface area contributed by atoms with Gasteiger partial charge in [-0.25, -0.2) is 0 Å². The molecule has 0 aliphatic carbocycles. The Morgan fingerprint density at radius 2 is 2.00 bits per heavy atom. The molecule has 1 aromatic rings. The Morgan fingerprint density at radius 3 is 2.67 bits per heavy atom. The molecule has 114 valence electrons. The van der Waals surface area contributed by atoms with Gasteiger partial charge in [-0.15, -0.1) is 0 Å². The normalized spacial score (nSPS) is 18.8. The zero-order chi connectivity index (χ0) is 15.4. The van der Waals surface area contributed by atoms with Crippen LogP contribution in [0, 0.1) is 0 Å². The third-order valence-corrected chi connectivity index (χ3v) is 3.62. The molecule has 1 heterocycles. The van der Waals surface area contributed by atoms with Crippen molar-refractivity contribution in [2.45, 2.75) is 13.0 Å². The Morgan fingerprint density at radius 1 is 1.29 bits per heavy atom. The summed E-state index contributed by atoms with van der Waals surface area (Å²) in [7, 11) is 3.04. The largest absolute Gasteiger partial charge is 0.495 e. The second kappa shape index (κ2) is 6.58. The second-order valence-electron chi connectivity index (χ2n) is 4.86. The average Bonchev–Trinajstić information content (AvgIpc) is 2.50. The van der Waals surface area contributed by atoms with Gasteiger partial charge in [-0.05, 0) is 19.1 Å². The van der Waals surface area contributed by atoms with E-state index in [1.807, 2.05) is 24.3 Å². The fourth-order valence-corrected chi connectivity index (χ4v) is 2.51. The molecule has 6 nitrogen and oxygen atoms in total. The molecule has 1 saturated heterocycles. The van der Waals surface area contributed by atoms with Gasteiger partial charge in [-0.2, -0.15) is 0 Å². The first-order valence-corrected chi connectivity index (χ1v) is 6.83. The average molecular weight is 292 g/mol. The van der Waals surface area contributed by atoms with E-state index in [2.05, 4.69) is 0 Å². The predicted molar refractivity (Wildman–Crippen MR) is 78.4 cm³/mol. The Bertz CT molecular complexity index is 532. The van der Waals surface area contributed by atoms with Crippen LogP contribution in [0.1, 0.15) is 6.92 Å². The first-order valence-electron chi connectivity index (χ1n) is 6.83. The van der Waals surface area contributed by atoms with Crippen LogP contribution in [0.25, 0.3) is 0 Å². The highest BCUT2D eigenvalue weighted by molar-refractivity contribution is 6.01. The summed E-state index contributed by atoms with van der Waals surface area (Å²) in [4.78, 5) is 27.7. The molecule has 0 aromatic heterocycles. The van der Waals surface area contributed by atoms with E-state index in [-0.39, 0.29) is 18.4 Å². The van der Waals surface area contributed by atoms with E-state index in [9.17, 15) is 9.59 Å². The SMILES string of the molecule is COCC(=O)N1CCN(c2ccccc2OC)C(=O)C1C. The van der Waals surface area contributed by atoms with Crippen LogP contribution in [-0.4, -0.2) is 56.7 Å².